The number of aryl methyl sites for hydroxylation is 2. The first-order chi connectivity index (χ1) is 15.3. The summed E-state index contributed by atoms with van der Waals surface area (Å²) in [5, 5.41) is 0. The SMILES string of the molecule is Cc1cccc(C)c1C(C[N+](C)(C)CC1CC=CCC1)OCCCc1c(F)cccc1F.[I-]. The summed E-state index contributed by atoms with van der Waals surface area (Å²) in [6.07, 6.45) is 9.06. The lowest BCUT2D eigenvalue weighted by atomic mass is 9.92. The lowest BCUT2D eigenvalue weighted by Gasteiger charge is -2.37. The molecule has 2 unspecified atom stereocenters. The van der Waals surface area contributed by atoms with Crippen molar-refractivity contribution in [1.29, 1.82) is 0 Å². The van der Waals surface area contributed by atoms with Gasteiger partial charge in [-0.2, -0.15) is 0 Å². The smallest absolute Gasteiger partial charge is 0.132 e. The number of hydrogen-bond acceptors (Lipinski definition) is 1. The Balaban J connectivity index is 0.00000385. The third-order valence-corrected chi connectivity index (χ3v) is 6.61. The van der Waals surface area contributed by atoms with Crippen molar-refractivity contribution < 1.29 is 42.0 Å². The van der Waals surface area contributed by atoms with E-state index in [0.717, 1.165) is 24.0 Å². The Morgan fingerprint density at radius 1 is 1.00 bits per heavy atom. The highest BCUT2D eigenvalue weighted by Crippen LogP contribution is 2.29. The number of benzene rings is 2. The molecule has 0 N–H and O–H groups in total. The number of allylic oxidation sites excluding steroid dienone is 2. The second-order valence-corrected chi connectivity index (χ2v) is 9.92. The van der Waals surface area contributed by atoms with Crippen LogP contribution in [0.25, 0.3) is 0 Å². The van der Waals surface area contributed by atoms with Crippen LogP contribution in [-0.2, 0) is 11.2 Å². The number of hydrogen-bond donors (Lipinski definition) is 0. The maximum Gasteiger partial charge on any atom is 0.132 e. The summed E-state index contributed by atoms with van der Waals surface area (Å²) in [7, 11) is 4.58. The zero-order valence-corrected chi connectivity index (χ0v) is 22.6. The van der Waals surface area contributed by atoms with Gasteiger partial charge in [-0.05, 0) is 74.8 Å². The van der Waals surface area contributed by atoms with Crippen molar-refractivity contribution in [3.8, 4) is 0 Å². The second-order valence-electron chi connectivity index (χ2n) is 9.92. The molecule has 0 amide bonds. The Bertz CT molecular complexity index is 888. The molecule has 2 nitrogen and oxygen atoms in total. The Morgan fingerprint density at radius 2 is 1.64 bits per heavy atom. The van der Waals surface area contributed by atoms with Gasteiger partial charge in [-0.25, -0.2) is 8.78 Å². The van der Waals surface area contributed by atoms with Gasteiger partial charge in [-0.1, -0.05) is 36.4 Å². The van der Waals surface area contributed by atoms with Gasteiger partial charge < -0.3 is 33.2 Å². The summed E-state index contributed by atoms with van der Waals surface area (Å²) in [6.45, 7) is 6.74. The fraction of sp³-hybridized carbons (Fsp3) is 0.500. The van der Waals surface area contributed by atoms with Crippen LogP contribution in [0.4, 0.5) is 8.78 Å². The van der Waals surface area contributed by atoms with E-state index < -0.39 is 11.6 Å². The molecule has 2 aromatic rings. The van der Waals surface area contributed by atoms with Crippen molar-refractivity contribution in [3.05, 3.63) is 82.4 Å². The van der Waals surface area contributed by atoms with Crippen LogP contribution in [0.3, 0.4) is 0 Å². The normalized spacial score (nSPS) is 17.0. The van der Waals surface area contributed by atoms with Crippen LogP contribution in [0, 0.1) is 31.4 Å². The Kier molecular flexibility index (Phi) is 11.0. The monoisotopic (exact) mass is 569 g/mol. The van der Waals surface area contributed by atoms with Gasteiger partial charge in [0.15, 0.2) is 0 Å². The summed E-state index contributed by atoms with van der Waals surface area (Å²) in [5.74, 6) is -0.246. The lowest BCUT2D eigenvalue weighted by Crippen LogP contribution is -3.00. The highest BCUT2D eigenvalue weighted by molar-refractivity contribution is 5.35. The van der Waals surface area contributed by atoms with E-state index in [0.29, 0.717) is 25.4 Å². The van der Waals surface area contributed by atoms with Crippen molar-refractivity contribution >= 4 is 0 Å². The number of halogens is 3. The van der Waals surface area contributed by atoms with Crippen LogP contribution >= 0.6 is 0 Å². The zero-order valence-electron chi connectivity index (χ0n) is 20.4. The molecule has 2 aromatic carbocycles. The molecule has 0 bridgehead atoms. The predicted molar refractivity (Wildman–Crippen MR) is 128 cm³/mol. The van der Waals surface area contributed by atoms with Gasteiger partial charge in [0.2, 0.25) is 0 Å². The van der Waals surface area contributed by atoms with E-state index in [4.69, 9.17) is 4.74 Å². The predicted octanol–water partition coefficient (Wildman–Crippen LogP) is 3.71. The van der Waals surface area contributed by atoms with Gasteiger partial charge in [0.25, 0.3) is 0 Å². The topological polar surface area (TPSA) is 9.23 Å². The maximum absolute atomic E-state index is 14.0. The lowest BCUT2D eigenvalue weighted by molar-refractivity contribution is -0.897. The molecule has 0 aromatic heterocycles. The fourth-order valence-electron chi connectivity index (χ4n) is 5.05. The number of ether oxygens (including phenoxy) is 1. The first-order valence-electron chi connectivity index (χ1n) is 11.8. The Morgan fingerprint density at radius 3 is 2.24 bits per heavy atom. The van der Waals surface area contributed by atoms with Crippen molar-refractivity contribution in [2.45, 2.75) is 52.1 Å². The van der Waals surface area contributed by atoms with Crippen LogP contribution in [0.5, 0.6) is 0 Å². The first kappa shape index (κ1) is 27.9. The fourth-order valence-corrected chi connectivity index (χ4v) is 5.05. The standard InChI is InChI=1S/C28H38F2NO.HI/c1-21-11-8-12-22(2)28(21)27(20-31(3,4)19-23-13-6-5-7-14-23)32-18-10-15-24-25(29)16-9-17-26(24)30;/h5-6,8-9,11-12,16-17,23,27H,7,10,13-15,18-20H2,1-4H3;1H/q+1;/p-1. The molecule has 0 saturated carbocycles. The van der Waals surface area contributed by atoms with Gasteiger partial charge >= 0.3 is 0 Å². The molecule has 0 fully saturated rings. The van der Waals surface area contributed by atoms with Crippen molar-refractivity contribution in [3.63, 3.8) is 0 Å². The maximum atomic E-state index is 14.0. The van der Waals surface area contributed by atoms with Gasteiger partial charge in [-0.15, -0.1) is 0 Å². The zero-order chi connectivity index (χ0) is 23.1. The van der Waals surface area contributed by atoms with E-state index in [1.807, 2.05) is 0 Å². The van der Waals surface area contributed by atoms with E-state index in [2.05, 4.69) is 58.3 Å². The van der Waals surface area contributed by atoms with E-state index >= 15 is 0 Å². The van der Waals surface area contributed by atoms with Crippen molar-refractivity contribution in [2.75, 3.05) is 33.8 Å². The third-order valence-electron chi connectivity index (χ3n) is 6.61. The molecular formula is C28H38F2INO. The Labute approximate surface area is 215 Å². The molecular weight excluding hydrogens is 531 g/mol. The van der Waals surface area contributed by atoms with Crippen LogP contribution in [0.2, 0.25) is 0 Å². The molecule has 3 rings (SSSR count). The average molecular weight is 570 g/mol. The van der Waals surface area contributed by atoms with E-state index in [-0.39, 0.29) is 35.6 Å². The summed E-state index contributed by atoms with van der Waals surface area (Å²) in [5.41, 5.74) is 3.87. The average Bonchev–Trinajstić information content (AvgIpc) is 2.72. The first-order valence-corrected chi connectivity index (χ1v) is 11.8. The van der Waals surface area contributed by atoms with Crippen molar-refractivity contribution in [2.24, 2.45) is 5.92 Å². The molecule has 1 aliphatic rings. The molecule has 0 saturated heterocycles. The van der Waals surface area contributed by atoms with E-state index in [1.54, 1.807) is 0 Å². The van der Waals surface area contributed by atoms with Crippen molar-refractivity contribution in [1.82, 2.24) is 0 Å². The number of quaternary nitrogens is 1. The Hall–Kier alpha value is -1.31. The molecule has 1 aliphatic carbocycles. The second kappa shape index (κ2) is 13.0. The summed E-state index contributed by atoms with van der Waals surface area (Å²) < 4.78 is 35.3. The van der Waals surface area contributed by atoms with Crippen LogP contribution in [0.15, 0.2) is 48.6 Å². The minimum Gasteiger partial charge on any atom is -1.00 e. The van der Waals surface area contributed by atoms with Crippen LogP contribution < -0.4 is 24.0 Å². The van der Waals surface area contributed by atoms with Gasteiger partial charge in [0, 0.05) is 18.1 Å². The molecule has 0 heterocycles. The summed E-state index contributed by atoms with van der Waals surface area (Å²) >= 11 is 0. The molecule has 182 valence electrons. The molecule has 0 aliphatic heterocycles. The molecule has 2 atom stereocenters. The number of likely N-dealkylation sites (N-methyl/N-ethyl adjacent to an activating group) is 1. The molecule has 0 radical (unpaired) electrons. The van der Waals surface area contributed by atoms with Gasteiger partial charge in [0.05, 0.1) is 20.6 Å². The highest BCUT2D eigenvalue weighted by atomic mass is 127. The minimum atomic E-state index is -0.476. The summed E-state index contributed by atoms with van der Waals surface area (Å²) in [4.78, 5) is 0. The highest BCUT2D eigenvalue weighted by Gasteiger charge is 2.29. The molecule has 0 spiro atoms. The van der Waals surface area contributed by atoms with Crippen LogP contribution in [-0.4, -0.2) is 38.3 Å². The number of nitrogens with zero attached hydrogens (tertiary/aromatic N) is 1. The quantitative estimate of drug-likeness (QED) is 0.184. The molecule has 33 heavy (non-hydrogen) atoms. The van der Waals surface area contributed by atoms with Gasteiger partial charge in [0.1, 0.15) is 24.3 Å². The molecule has 5 heteroatoms. The third kappa shape index (κ3) is 8.15. The van der Waals surface area contributed by atoms with Crippen LogP contribution in [0.1, 0.15) is 54.0 Å². The van der Waals surface area contributed by atoms with Gasteiger partial charge in [-0.3, -0.25) is 0 Å². The summed E-state index contributed by atoms with van der Waals surface area (Å²) in [6, 6.07) is 10.4. The van der Waals surface area contributed by atoms with E-state index in [9.17, 15) is 8.78 Å². The minimum absolute atomic E-state index is 0. The number of rotatable bonds is 10. The largest absolute Gasteiger partial charge is 1.00 e. The van der Waals surface area contributed by atoms with E-state index in [1.165, 1.54) is 47.7 Å².